The Bertz CT molecular complexity index is 311. The second kappa shape index (κ2) is 2.84. The van der Waals surface area contributed by atoms with Gasteiger partial charge in [0.25, 0.3) is 0 Å². The molecule has 0 spiro atoms. The molecule has 0 bridgehead atoms. The zero-order valence-electron chi connectivity index (χ0n) is 6.21. The Morgan fingerprint density at radius 2 is 2.08 bits per heavy atom. The molecule has 0 saturated carbocycles. The van der Waals surface area contributed by atoms with Crippen molar-refractivity contribution in [3.05, 3.63) is 22.7 Å². The summed E-state index contributed by atoms with van der Waals surface area (Å²) in [4.78, 5) is 0. The van der Waals surface area contributed by atoms with Crippen molar-refractivity contribution < 1.29 is 14.6 Å². The number of benzene rings is 1. The number of aliphatic hydroxyl groups is 1. The van der Waals surface area contributed by atoms with Crippen molar-refractivity contribution in [2.75, 3.05) is 6.79 Å². The molecular formula is C8H7ClO3. The van der Waals surface area contributed by atoms with Gasteiger partial charge in [-0.3, -0.25) is 0 Å². The van der Waals surface area contributed by atoms with Gasteiger partial charge < -0.3 is 14.6 Å². The lowest BCUT2D eigenvalue weighted by molar-refractivity contribution is 0.171. The molecule has 1 aliphatic rings. The largest absolute Gasteiger partial charge is 0.453 e. The van der Waals surface area contributed by atoms with E-state index in [-0.39, 0.29) is 13.4 Å². The van der Waals surface area contributed by atoms with E-state index in [2.05, 4.69) is 0 Å². The fourth-order valence-electron chi connectivity index (χ4n) is 1.14. The van der Waals surface area contributed by atoms with Gasteiger partial charge in [-0.2, -0.15) is 0 Å². The highest BCUT2D eigenvalue weighted by Crippen LogP contribution is 2.41. The van der Waals surface area contributed by atoms with Crippen LogP contribution < -0.4 is 9.47 Å². The molecule has 0 aliphatic carbocycles. The van der Waals surface area contributed by atoms with Gasteiger partial charge >= 0.3 is 0 Å². The van der Waals surface area contributed by atoms with Crippen LogP contribution in [-0.2, 0) is 6.61 Å². The molecule has 1 aliphatic heterocycles. The van der Waals surface area contributed by atoms with E-state index in [4.69, 9.17) is 26.2 Å². The molecule has 0 fully saturated rings. The van der Waals surface area contributed by atoms with Crippen LogP contribution >= 0.6 is 11.6 Å². The zero-order valence-corrected chi connectivity index (χ0v) is 6.97. The molecule has 3 nitrogen and oxygen atoms in total. The lowest BCUT2D eigenvalue weighted by Crippen LogP contribution is -1.94. The number of hydrogen-bond donors (Lipinski definition) is 1. The number of rotatable bonds is 1. The normalized spacial score (nSPS) is 13.5. The predicted molar refractivity (Wildman–Crippen MR) is 43.5 cm³/mol. The van der Waals surface area contributed by atoms with E-state index in [0.717, 1.165) is 0 Å². The molecule has 0 amide bonds. The third-order valence-electron chi connectivity index (χ3n) is 1.72. The van der Waals surface area contributed by atoms with Crippen molar-refractivity contribution in [2.45, 2.75) is 6.61 Å². The minimum Gasteiger partial charge on any atom is -0.453 e. The van der Waals surface area contributed by atoms with Gasteiger partial charge in [0.05, 0.1) is 11.6 Å². The van der Waals surface area contributed by atoms with E-state index in [0.29, 0.717) is 22.1 Å². The van der Waals surface area contributed by atoms with Crippen LogP contribution in [0, 0.1) is 0 Å². The Hall–Kier alpha value is -0.930. The van der Waals surface area contributed by atoms with Crippen LogP contribution in [0.1, 0.15) is 5.56 Å². The van der Waals surface area contributed by atoms with Crippen molar-refractivity contribution in [1.29, 1.82) is 0 Å². The van der Waals surface area contributed by atoms with Crippen LogP contribution in [0.15, 0.2) is 12.1 Å². The zero-order chi connectivity index (χ0) is 8.55. The molecule has 0 saturated heterocycles. The highest BCUT2D eigenvalue weighted by Gasteiger charge is 2.20. The fraction of sp³-hybridized carbons (Fsp3) is 0.250. The molecule has 0 atom stereocenters. The average molecular weight is 187 g/mol. The van der Waals surface area contributed by atoms with E-state index in [1.807, 2.05) is 0 Å². The second-order valence-corrected chi connectivity index (χ2v) is 2.84. The monoisotopic (exact) mass is 186 g/mol. The van der Waals surface area contributed by atoms with Crippen molar-refractivity contribution in [3.63, 3.8) is 0 Å². The minimum absolute atomic E-state index is 0.0666. The summed E-state index contributed by atoms with van der Waals surface area (Å²) in [5.41, 5.74) is 0.701. The molecule has 0 aromatic heterocycles. The number of fused-ring (bicyclic) bond motifs is 1. The third-order valence-corrected chi connectivity index (χ3v) is 2.02. The second-order valence-electron chi connectivity index (χ2n) is 2.43. The Balaban J connectivity index is 2.57. The molecule has 1 heterocycles. The molecule has 12 heavy (non-hydrogen) atoms. The lowest BCUT2D eigenvalue weighted by Gasteiger charge is -2.02. The SMILES string of the molecule is OCc1ccc(Cl)c2c1OCO2. The quantitative estimate of drug-likeness (QED) is 0.724. The van der Waals surface area contributed by atoms with Crippen molar-refractivity contribution in [1.82, 2.24) is 0 Å². The summed E-state index contributed by atoms with van der Waals surface area (Å²) in [6.45, 7) is 0.106. The number of ether oxygens (including phenoxy) is 2. The Kier molecular flexibility index (Phi) is 1.83. The fourth-order valence-corrected chi connectivity index (χ4v) is 1.35. The molecule has 1 N–H and O–H groups in total. The highest BCUT2D eigenvalue weighted by molar-refractivity contribution is 6.32. The first-order valence-corrected chi connectivity index (χ1v) is 3.88. The molecule has 4 heteroatoms. The standard InChI is InChI=1S/C8H7ClO3/c9-6-2-1-5(3-10)7-8(6)12-4-11-7/h1-2,10H,3-4H2. The van der Waals surface area contributed by atoms with Gasteiger partial charge in [0, 0.05) is 5.56 Å². The average Bonchev–Trinajstić information content (AvgIpc) is 2.54. The van der Waals surface area contributed by atoms with E-state index in [9.17, 15) is 0 Å². The third kappa shape index (κ3) is 1.02. The van der Waals surface area contributed by atoms with Crippen molar-refractivity contribution in [2.24, 2.45) is 0 Å². The summed E-state index contributed by atoms with van der Waals surface area (Å²) in [5.74, 6) is 1.09. The molecule has 0 radical (unpaired) electrons. The van der Waals surface area contributed by atoms with Crippen LogP contribution in [0.2, 0.25) is 5.02 Å². The first-order chi connectivity index (χ1) is 5.83. The van der Waals surface area contributed by atoms with E-state index < -0.39 is 0 Å². The van der Waals surface area contributed by atoms with Gasteiger partial charge in [0.15, 0.2) is 11.5 Å². The first kappa shape index (κ1) is 7.71. The number of halogens is 1. The summed E-state index contributed by atoms with van der Waals surface area (Å²) < 4.78 is 10.2. The highest BCUT2D eigenvalue weighted by atomic mass is 35.5. The Labute approximate surface area is 74.5 Å². The van der Waals surface area contributed by atoms with Gasteiger partial charge in [-0.1, -0.05) is 17.7 Å². The summed E-state index contributed by atoms with van der Waals surface area (Å²) in [6, 6.07) is 3.40. The van der Waals surface area contributed by atoms with E-state index >= 15 is 0 Å². The van der Waals surface area contributed by atoms with Gasteiger partial charge in [0.2, 0.25) is 6.79 Å². The molecular weight excluding hydrogens is 180 g/mol. The van der Waals surface area contributed by atoms with Crippen LogP contribution in [0.4, 0.5) is 0 Å². The summed E-state index contributed by atoms with van der Waals surface area (Å²) >= 11 is 5.81. The van der Waals surface area contributed by atoms with Crippen LogP contribution in [0.3, 0.4) is 0 Å². The topological polar surface area (TPSA) is 38.7 Å². The van der Waals surface area contributed by atoms with Crippen LogP contribution in [0.5, 0.6) is 11.5 Å². The molecule has 1 aromatic rings. The summed E-state index contributed by atoms with van der Waals surface area (Å²) in [5, 5.41) is 9.43. The summed E-state index contributed by atoms with van der Waals surface area (Å²) in [7, 11) is 0. The van der Waals surface area contributed by atoms with Crippen LogP contribution in [-0.4, -0.2) is 11.9 Å². The molecule has 64 valence electrons. The van der Waals surface area contributed by atoms with Crippen molar-refractivity contribution in [3.8, 4) is 11.5 Å². The van der Waals surface area contributed by atoms with Gasteiger partial charge in [-0.05, 0) is 6.07 Å². The maximum absolute atomic E-state index is 8.91. The minimum atomic E-state index is -0.0666. The lowest BCUT2D eigenvalue weighted by atomic mass is 10.2. The van der Waals surface area contributed by atoms with Gasteiger partial charge in [-0.15, -0.1) is 0 Å². The number of hydrogen-bond acceptors (Lipinski definition) is 3. The molecule has 2 rings (SSSR count). The predicted octanol–water partition coefficient (Wildman–Crippen LogP) is 1.56. The van der Waals surface area contributed by atoms with Crippen molar-refractivity contribution >= 4 is 11.6 Å². The Morgan fingerprint density at radius 3 is 2.83 bits per heavy atom. The van der Waals surface area contributed by atoms with E-state index in [1.54, 1.807) is 12.1 Å². The van der Waals surface area contributed by atoms with Gasteiger partial charge in [0.1, 0.15) is 0 Å². The molecule has 0 unspecified atom stereocenters. The van der Waals surface area contributed by atoms with E-state index in [1.165, 1.54) is 0 Å². The smallest absolute Gasteiger partial charge is 0.231 e. The van der Waals surface area contributed by atoms with Gasteiger partial charge in [-0.25, -0.2) is 0 Å². The first-order valence-electron chi connectivity index (χ1n) is 3.51. The summed E-state index contributed by atoms with van der Waals surface area (Å²) in [6.07, 6.45) is 0. The van der Waals surface area contributed by atoms with Crippen LogP contribution in [0.25, 0.3) is 0 Å². The number of aliphatic hydroxyl groups excluding tert-OH is 1. The molecule has 1 aromatic carbocycles. The maximum atomic E-state index is 8.91. The Morgan fingerprint density at radius 1 is 1.33 bits per heavy atom. The maximum Gasteiger partial charge on any atom is 0.231 e.